The lowest BCUT2D eigenvalue weighted by Crippen LogP contribution is -2.17. The van der Waals surface area contributed by atoms with E-state index >= 15 is 0 Å². The SMILES string of the molecule is NS(=O)(=O)c1ccc(-c2ccc(/C=N/NC(=O)c3cccc(I)c3)o2)cc1. The van der Waals surface area contributed by atoms with Crippen LogP contribution in [0.4, 0.5) is 0 Å². The minimum absolute atomic E-state index is 0.0258. The molecule has 0 unspecified atom stereocenters. The molecule has 0 saturated heterocycles. The number of hydrazone groups is 1. The zero-order valence-electron chi connectivity index (χ0n) is 13.8. The zero-order chi connectivity index (χ0) is 19.4. The number of benzene rings is 2. The number of sulfonamides is 1. The van der Waals surface area contributed by atoms with E-state index in [2.05, 4.69) is 33.1 Å². The second-order valence-electron chi connectivity index (χ2n) is 5.48. The monoisotopic (exact) mass is 495 g/mol. The summed E-state index contributed by atoms with van der Waals surface area (Å²) in [6, 6.07) is 16.5. The van der Waals surface area contributed by atoms with E-state index in [1.54, 1.807) is 42.5 Å². The van der Waals surface area contributed by atoms with E-state index < -0.39 is 10.0 Å². The van der Waals surface area contributed by atoms with Gasteiger partial charge in [0.25, 0.3) is 5.91 Å². The van der Waals surface area contributed by atoms with Crippen molar-refractivity contribution in [2.45, 2.75) is 4.90 Å². The van der Waals surface area contributed by atoms with Crippen LogP contribution in [0, 0.1) is 3.57 Å². The molecule has 0 aliphatic carbocycles. The lowest BCUT2D eigenvalue weighted by molar-refractivity contribution is 0.0955. The van der Waals surface area contributed by atoms with E-state index in [0.29, 0.717) is 22.6 Å². The van der Waals surface area contributed by atoms with Crippen LogP contribution >= 0.6 is 22.6 Å². The third kappa shape index (κ3) is 5.02. The molecule has 0 radical (unpaired) electrons. The normalized spacial score (nSPS) is 11.6. The number of primary sulfonamides is 1. The van der Waals surface area contributed by atoms with Gasteiger partial charge in [0.2, 0.25) is 10.0 Å². The van der Waals surface area contributed by atoms with Gasteiger partial charge in [-0.2, -0.15) is 5.10 Å². The summed E-state index contributed by atoms with van der Waals surface area (Å²) >= 11 is 2.13. The molecule has 0 aliphatic heterocycles. The molecule has 0 fully saturated rings. The number of nitrogens with two attached hydrogens (primary N) is 1. The van der Waals surface area contributed by atoms with Gasteiger partial charge in [-0.1, -0.05) is 6.07 Å². The Morgan fingerprint density at radius 3 is 2.52 bits per heavy atom. The van der Waals surface area contributed by atoms with Gasteiger partial charge in [-0.3, -0.25) is 4.79 Å². The first-order valence-corrected chi connectivity index (χ1v) is 10.3. The number of furan rings is 1. The van der Waals surface area contributed by atoms with Gasteiger partial charge in [0.1, 0.15) is 11.5 Å². The molecule has 3 rings (SSSR count). The first kappa shape index (κ1) is 19.3. The Morgan fingerprint density at radius 2 is 1.85 bits per heavy atom. The predicted octanol–water partition coefficient (Wildman–Crippen LogP) is 2.96. The second kappa shape index (κ2) is 8.03. The van der Waals surface area contributed by atoms with Crippen molar-refractivity contribution in [1.29, 1.82) is 0 Å². The van der Waals surface area contributed by atoms with E-state index in [1.165, 1.54) is 18.3 Å². The third-order valence-electron chi connectivity index (χ3n) is 3.54. The topological polar surface area (TPSA) is 115 Å². The van der Waals surface area contributed by atoms with Crippen LogP contribution in [-0.2, 0) is 10.0 Å². The summed E-state index contributed by atoms with van der Waals surface area (Å²) in [6.45, 7) is 0. The van der Waals surface area contributed by atoms with Gasteiger partial charge in [0.15, 0.2) is 0 Å². The molecule has 138 valence electrons. The Morgan fingerprint density at radius 1 is 1.11 bits per heavy atom. The highest BCUT2D eigenvalue weighted by atomic mass is 127. The summed E-state index contributed by atoms with van der Waals surface area (Å²) in [6.07, 6.45) is 1.38. The molecule has 1 heterocycles. The molecular weight excluding hydrogens is 481 g/mol. The molecule has 7 nitrogen and oxygen atoms in total. The number of hydrogen-bond donors (Lipinski definition) is 2. The Bertz CT molecular complexity index is 1110. The molecule has 1 aromatic heterocycles. The summed E-state index contributed by atoms with van der Waals surface area (Å²) in [5.41, 5.74) is 3.63. The van der Waals surface area contributed by atoms with Crippen molar-refractivity contribution in [3.63, 3.8) is 0 Å². The quantitative estimate of drug-likeness (QED) is 0.322. The van der Waals surface area contributed by atoms with Crippen molar-refractivity contribution in [3.05, 3.63) is 75.6 Å². The lowest BCUT2D eigenvalue weighted by Gasteiger charge is -2.00. The molecule has 9 heteroatoms. The van der Waals surface area contributed by atoms with Crippen LogP contribution in [-0.4, -0.2) is 20.5 Å². The maximum Gasteiger partial charge on any atom is 0.271 e. The summed E-state index contributed by atoms with van der Waals surface area (Å²) in [5, 5.41) is 8.96. The minimum atomic E-state index is -3.73. The van der Waals surface area contributed by atoms with Gasteiger partial charge in [-0.05, 0) is 77.2 Å². The standard InChI is InChI=1S/C18H14IN3O4S/c19-14-3-1-2-13(10-14)18(23)22-21-11-15-6-9-17(26-15)12-4-7-16(8-5-12)27(20,24)25/h1-11H,(H,22,23)(H2,20,24,25)/b21-11+. The molecule has 0 bridgehead atoms. The molecule has 3 aromatic rings. The maximum absolute atomic E-state index is 12.0. The molecule has 0 saturated carbocycles. The fraction of sp³-hybridized carbons (Fsp3) is 0. The average Bonchev–Trinajstić information content (AvgIpc) is 3.10. The van der Waals surface area contributed by atoms with Gasteiger partial charge in [-0.15, -0.1) is 0 Å². The van der Waals surface area contributed by atoms with Crippen molar-refractivity contribution < 1.29 is 17.6 Å². The number of nitrogens with one attached hydrogen (secondary N) is 1. The average molecular weight is 495 g/mol. The zero-order valence-corrected chi connectivity index (χ0v) is 16.8. The Balaban J connectivity index is 1.67. The van der Waals surface area contributed by atoms with E-state index in [4.69, 9.17) is 9.56 Å². The Hall–Kier alpha value is -2.50. The Labute approximate surface area is 169 Å². The van der Waals surface area contributed by atoms with Gasteiger partial charge in [-0.25, -0.2) is 19.0 Å². The summed E-state index contributed by atoms with van der Waals surface area (Å²) < 4.78 is 29.1. The van der Waals surface area contributed by atoms with E-state index in [0.717, 1.165) is 3.57 Å². The van der Waals surface area contributed by atoms with Crippen molar-refractivity contribution >= 4 is 44.7 Å². The van der Waals surface area contributed by atoms with Gasteiger partial charge in [0, 0.05) is 14.7 Å². The largest absolute Gasteiger partial charge is 0.455 e. The number of carbonyl (C=O) groups is 1. The Kier molecular flexibility index (Phi) is 5.73. The van der Waals surface area contributed by atoms with Crippen LogP contribution in [0.15, 0.2) is 75.1 Å². The third-order valence-corrected chi connectivity index (χ3v) is 5.14. The number of halogens is 1. The first-order valence-electron chi connectivity index (χ1n) is 7.65. The molecule has 1 amide bonds. The number of rotatable bonds is 5. The summed E-state index contributed by atoms with van der Waals surface area (Å²) in [7, 11) is -3.73. The van der Waals surface area contributed by atoms with Gasteiger partial charge >= 0.3 is 0 Å². The van der Waals surface area contributed by atoms with E-state index in [-0.39, 0.29) is 10.8 Å². The van der Waals surface area contributed by atoms with Crippen LogP contribution in [0.5, 0.6) is 0 Å². The van der Waals surface area contributed by atoms with E-state index in [1.807, 2.05) is 6.07 Å². The smallest absolute Gasteiger partial charge is 0.271 e. The highest BCUT2D eigenvalue weighted by Gasteiger charge is 2.09. The highest BCUT2D eigenvalue weighted by Crippen LogP contribution is 2.22. The van der Waals surface area contributed by atoms with Crippen LogP contribution in [0.25, 0.3) is 11.3 Å². The molecule has 2 aromatic carbocycles. The molecular formula is C18H14IN3O4S. The first-order chi connectivity index (χ1) is 12.8. The van der Waals surface area contributed by atoms with E-state index in [9.17, 15) is 13.2 Å². The number of carbonyl (C=O) groups excluding carboxylic acids is 1. The van der Waals surface area contributed by atoms with Gasteiger partial charge in [0.05, 0.1) is 11.1 Å². The van der Waals surface area contributed by atoms with Crippen molar-refractivity contribution in [2.75, 3.05) is 0 Å². The molecule has 0 spiro atoms. The van der Waals surface area contributed by atoms with Crippen molar-refractivity contribution in [3.8, 4) is 11.3 Å². The van der Waals surface area contributed by atoms with Crippen LogP contribution < -0.4 is 10.6 Å². The van der Waals surface area contributed by atoms with Crippen LogP contribution in [0.3, 0.4) is 0 Å². The van der Waals surface area contributed by atoms with Gasteiger partial charge < -0.3 is 4.42 Å². The van der Waals surface area contributed by atoms with Crippen molar-refractivity contribution in [2.24, 2.45) is 10.2 Å². The van der Waals surface area contributed by atoms with Crippen LogP contribution in [0.2, 0.25) is 0 Å². The van der Waals surface area contributed by atoms with Crippen LogP contribution in [0.1, 0.15) is 16.1 Å². The molecule has 0 atom stereocenters. The highest BCUT2D eigenvalue weighted by molar-refractivity contribution is 14.1. The molecule has 27 heavy (non-hydrogen) atoms. The number of hydrogen-bond acceptors (Lipinski definition) is 5. The fourth-order valence-corrected chi connectivity index (χ4v) is 3.29. The fourth-order valence-electron chi connectivity index (χ4n) is 2.24. The second-order valence-corrected chi connectivity index (χ2v) is 8.29. The lowest BCUT2D eigenvalue weighted by atomic mass is 10.2. The molecule has 0 aliphatic rings. The number of amides is 1. The predicted molar refractivity (Wildman–Crippen MR) is 110 cm³/mol. The minimum Gasteiger partial charge on any atom is -0.455 e. The summed E-state index contributed by atoms with van der Waals surface area (Å²) in [5.74, 6) is 0.639. The van der Waals surface area contributed by atoms with Crippen molar-refractivity contribution in [1.82, 2.24) is 5.43 Å². The molecule has 3 N–H and O–H groups in total. The maximum atomic E-state index is 12.0. The number of nitrogens with zero attached hydrogens (tertiary/aromatic N) is 1. The summed E-state index contributed by atoms with van der Waals surface area (Å²) in [4.78, 5) is 12.0.